The first-order chi connectivity index (χ1) is 11.6. The molecule has 2 amide bonds. The first-order valence-electron chi connectivity index (χ1n) is 7.39. The van der Waals surface area contributed by atoms with Crippen molar-refractivity contribution in [3.05, 3.63) is 47.2 Å². The van der Waals surface area contributed by atoms with Crippen LogP contribution in [0.1, 0.15) is 21.7 Å². The Bertz CT molecular complexity index is 871. The van der Waals surface area contributed by atoms with Crippen LogP contribution in [0.15, 0.2) is 34.9 Å². The van der Waals surface area contributed by atoms with Crippen LogP contribution in [0, 0.1) is 6.92 Å². The van der Waals surface area contributed by atoms with Crippen molar-refractivity contribution in [1.29, 1.82) is 0 Å². The van der Waals surface area contributed by atoms with Gasteiger partial charge in [-0.3, -0.25) is 9.59 Å². The monoisotopic (exact) mass is 365 g/mol. The number of likely N-dealkylation sites (N-methyl/N-ethyl adjacent to an activating group) is 1. The molecule has 0 bridgehead atoms. The van der Waals surface area contributed by atoms with Crippen molar-refractivity contribution in [3.63, 3.8) is 0 Å². The second-order valence-electron chi connectivity index (χ2n) is 5.80. The fraction of sp³-hybridized carbons (Fsp3) is 0.312. The van der Waals surface area contributed by atoms with Gasteiger partial charge in [0.15, 0.2) is 15.7 Å². The normalized spacial score (nSPS) is 11.2. The molecule has 0 saturated carbocycles. The third-order valence-electron chi connectivity index (χ3n) is 3.25. The number of hydrogen-bond donors (Lipinski definition) is 1. The quantitative estimate of drug-likeness (QED) is 0.825. The summed E-state index contributed by atoms with van der Waals surface area (Å²) in [6.07, 6.45) is 1.15. The fourth-order valence-electron chi connectivity index (χ4n) is 2.16. The van der Waals surface area contributed by atoms with Crippen molar-refractivity contribution in [2.75, 3.05) is 25.2 Å². The Balaban J connectivity index is 1.95. The van der Waals surface area contributed by atoms with E-state index in [1.54, 1.807) is 25.1 Å². The topological polar surface area (TPSA) is 110 Å². The van der Waals surface area contributed by atoms with Crippen molar-refractivity contribution in [3.8, 4) is 0 Å². The van der Waals surface area contributed by atoms with E-state index in [4.69, 9.17) is 4.52 Å². The Labute approximate surface area is 145 Å². The molecule has 1 heterocycles. The molecule has 0 unspecified atom stereocenters. The standard InChI is InChI=1S/C16H19N3O5S/c1-11-8-14(18-24-11)17-15(20)9-19(2)16(21)13-6-4-12(5-7-13)10-25(3,22)23/h4-8H,9-10H2,1-3H3,(H,17,18,20). The molecule has 0 fully saturated rings. The summed E-state index contributed by atoms with van der Waals surface area (Å²) in [6, 6.07) is 7.82. The number of benzene rings is 1. The Morgan fingerprint density at radius 2 is 1.88 bits per heavy atom. The van der Waals surface area contributed by atoms with Gasteiger partial charge in [-0.2, -0.15) is 0 Å². The largest absolute Gasteiger partial charge is 0.360 e. The number of nitrogens with zero attached hydrogens (tertiary/aromatic N) is 2. The average molecular weight is 365 g/mol. The van der Waals surface area contributed by atoms with Gasteiger partial charge in [-0.05, 0) is 24.6 Å². The highest BCUT2D eigenvalue weighted by molar-refractivity contribution is 7.89. The molecule has 0 aliphatic carbocycles. The zero-order valence-corrected chi connectivity index (χ0v) is 15.0. The van der Waals surface area contributed by atoms with Gasteiger partial charge >= 0.3 is 0 Å². The Morgan fingerprint density at radius 3 is 2.40 bits per heavy atom. The smallest absolute Gasteiger partial charge is 0.254 e. The van der Waals surface area contributed by atoms with E-state index in [1.165, 1.54) is 24.1 Å². The van der Waals surface area contributed by atoms with Gasteiger partial charge in [0, 0.05) is 24.9 Å². The van der Waals surface area contributed by atoms with Crippen molar-refractivity contribution < 1.29 is 22.5 Å². The van der Waals surface area contributed by atoms with Gasteiger partial charge in [0.05, 0.1) is 12.3 Å². The third kappa shape index (κ3) is 5.71. The molecule has 0 spiro atoms. The highest BCUT2D eigenvalue weighted by Gasteiger charge is 2.16. The molecule has 0 saturated heterocycles. The molecular weight excluding hydrogens is 346 g/mol. The lowest BCUT2D eigenvalue weighted by Crippen LogP contribution is -2.35. The number of anilines is 1. The lowest BCUT2D eigenvalue weighted by molar-refractivity contribution is -0.116. The molecular formula is C16H19N3O5S. The highest BCUT2D eigenvalue weighted by atomic mass is 32.2. The van der Waals surface area contributed by atoms with Crippen molar-refractivity contribution in [2.24, 2.45) is 0 Å². The number of amides is 2. The molecule has 0 aliphatic rings. The minimum absolute atomic E-state index is 0.0865. The Morgan fingerprint density at radius 1 is 1.24 bits per heavy atom. The molecule has 8 nitrogen and oxygen atoms in total. The van der Waals surface area contributed by atoms with Gasteiger partial charge < -0.3 is 14.7 Å². The molecule has 1 N–H and O–H groups in total. The van der Waals surface area contributed by atoms with Crippen molar-refractivity contribution >= 4 is 27.5 Å². The molecule has 1 aromatic heterocycles. The lowest BCUT2D eigenvalue weighted by atomic mass is 10.1. The minimum Gasteiger partial charge on any atom is -0.360 e. The Kier molecular flexibility index (Phi) is 5.58. The van der Waals surface area contributed by atoms with Crippen LogP contribution < -0.4 is 5.32 Å². The molecule has 134 valence electrons. The summed E-state index contributed by atoms with van der Waals surface area (Å²) in [7, 11) is -1.63. The minimum atomic E-state index is -3.13. The summed E-state index contributed by atoms with van der Waals surface area (Å²) in [5, 5.41) is 6.18. The molecule has 1 aromatic carbocycles. The summed E-state index contributed by atoms with van der Waals surface area (Å²) in [6.45, 7) is 1.54. The maximum atomic E-state index is 12.3. The van der Waals surface area contributed by atoms with Crippen molar-refractivity contribution in [2.45, 2.75) is 12.7 Å². The molecule has 0 radical (unpaired) electrons. The van der Waals surface area contributed by atoms with Crippen LogP contribution in [0.4, 0.5) is 5.82 Å². The van der Waals surface area contributed by atoms with Crippen LogP contribution >= 0.6 is 0 Å². The van der Waals surface area contributed by atoms with Gasteiger partial charge in [-0.25, -0.2) is 8.42 Å². The maximum Gasteiger partial charge on any atom is 0.254 e. The van der Waals surface area contributed by atoms with Gasteiger partial charge in [0.2, 0.25) is 5.91 Å². The second kappa shape index (κ2) is 7.47. The fourth-order valence-corrected chi connectivity index (χ4v) is 2.96. The van der Waals surface area contributed by atoms with Crippen LogP contribution in [0.25, 0.3) is 0 Å². The molecule has 0 aliphatic heterocycles. The number of aryl methyl sites for hydroxylation is 1. The summed E-state index contributed by atoms with van der Waals surface area (Å²) < 4.78 is 27.4. The molecule has 25 heavy (non-hydrogen) atoms. The molecule has 0 atom stereocenters. The van der Waals surface area contributed by atoms with E-state index < -0.39 is 15.7 Å². The number of carbonyl (C=O) groups excluding carboxylic acids is 2. The third-order valence-corrected chi connectivity index (χ3v) is 4.11. The first-order valence-corrected chi connectivity index (χ1v) is 9.45. The molecule has 2 aromatic rings. The van der Waals surface area contributed by atoms with E-state index in [9.17, 15) is 18.0 Å². The average Bonchev–Trinajstić information content (AvgIpc) is 2.90. The zero-order chi connectivity index (χ0) is 18.6. The van der Waals surface area contributed by atoms with Crippen LogP contribution in [-0.4, -0.2) is 50.1 Å². The molecule has 2 rings (SSSR count). The SMILES string of the molecule is Cc1cc(NC(=O)CN(C)C(=O)c2ccc(CS(C)(=O)=O)cc2)no1. The van der Waals surface area contributed by atoms with E-state index in [0.717, 1.165) is 6.26 Å². The lowest BCUT2D eigenvalue weighted by Gasteiger charge is -2.16. The predicted octanol–water partition coefficient (Wildman–Crippen LogP) is 1.24. The van der Waals surface area contributed by atoms with Gasteiger partial charge in [-0.1, -0.05) is 17.3 Å². The van der Waals surface area contributed by atoms with E-state index in [1.807, 2.05) is 0 Å². The van der Waals surface area contributed by atoms with E-state index in [0.29, 0.717) is 16.9 Å². The molecule has 9 heteroatoms. The van der Waals surface area contributed by atoms with E-state index in [-0.39, 0.29) is 24.0 Å². The Hall–Kier alpha value is -2.68. The number of nitrogens with one attached hydrogen (secondary N) is 1. The second-order valence-corrected chi connectivity index (χ2v) is 7.94. The van der Waals surface area contributed by atoms with Crippen LogP contribution in [0.5, 0.6) is 0 Å². The number of sulfone groups is 1. The number of carbonyl (C=O) groups is 2. The van der Waals surface area contributed by atoms with Crippen LogP contribution in [-0.2, 0) is 20.4 Å². The van der Waals surface area contributed by atoms with E-state index in [2.05, 4.69) is 10.5 Å². The summed E-state index contributed by atoms with van der Waals surface area (Å²) in [5.41, 5.74) is 0.964. The van der Waals surface area contributed by atoms with Crippen LogP contribution in [0.3, 0.4) is 0 Å². The van der Waals surface area contributed by atoms with Crippen molar-refractivity contribution in [1.82, 2.24) is 10.1 Å². The number of aromatic nitrogens is 1. The number of hydrogen-bond acceptors (Lipinski definition) is 6. The first kappa shape index (κ1) is 18.7. The van der Waals surface area contributed by atoms with E-state index >= 15 is 0 Å². The zero-order valence-electron chi connectivity index (χ0n) is 14.1. The summed E-state index contributed by atoms with van der Waals surface area (Å²) in [4.78, 5) is 25.5. The number of rotatable bonds is 6. The van der Waals surface area contributed by atoms with Gasteiger partial charge in [-0.15, -0.1) is 0 Å². The maximum absolute atomic E-state index is 12.3. The predicted molar refractivity (Wildman–Crippen MR) is 91.8 cm³/mol. The summed E-state index contributed by atoms with van der Waals surface area (Å²) >= 11 is 0. The van der Waals surface area contributed by atoms with Gasteiger partial charge in [0.25, 0.3) is 5.91 Å². The summed E-state index contributed by atoms with van der Waals surface area (Å²) in [5.74, 6) is 0.00855. The highest BCUT2D eigenvalue weighted by Crippen LogP contribution is 2.10. The van der Waals surface area contributed by atoms with Crippen LogP contribution in [0.2, 0.25) is 0 Å². The van der Waals surface area contributed by atoms with Gasteiger partial charge in [0.1, 0.15) is 5.76 Å².